The predicted molar refractivity (Wildman–Crippen MR) is 106 cm³/mol. The van der Waals surface area contributed by atoms with E-state index in [1.54, 1.807) is 12.1 Å². The zero-order valence-electron chi connectivity index (χ0n) is 15.9. The molecule has 0 bridgehead atoms. The summed E-state index contributed by atoms with van der Waals surface area (Å²) < 4.78 is 43.1. The monoisotopic (exact) mass is 423 g/mol. The fraction of sp³-hybridized carbons (Fsp3) is 0.368. The number of ether oxygens (including phenoxy) is 1. The zero-order valence-corrected chi connectivity index (χ0v) is 16.7. The fourth-order valence-electron chi connectivity index (χ4n) is 3.42. The molecule has 10 heteroatoms. The van der Waals surface area contributed by atoms with Gasteiger partial charge in [0.2, 0.25) is 0 Å². The van der Waals surface area contributed by atoms with E-state index in [0.717, 1.165) is 11.8 Å². The smallest absolute Gasteiger partial charge is 0.310 e. The summed E-state index contributed by atoms with van der Waals surface area (Å²) in [6, 6.07) is 10.1. The molecule has 0 amide bonds. The van der Waals surface area contributed by atoms with Gasteiger partial charge in [-0.3, -0.25) is 15.0 Å². The first-order valence-corrected chi connectivity index (χ1v) is 10.9. The highest BCUT2D eigenvalue weighted by Gasteiger charge is 2.28. The summed E-state index contributed by atoms with van der Waals surface area (Å²) in [7, 11) is -3.78. The van der Waals surface area contributed by atoms with Gasteiger partial charge in [0.1, 0.15) is 16.4 Å². The van der Waals surface area contributed by atoms with Crippen LogP contribution >= 0.6 is 0 Å². The summed E-state index contributed by atoms with van der Waals surface area (Å²) >= 11 is 0. The zero-order chi connectivity index (χ0) is 21.0. The van der Waals surface area contributed by atoms with Crippen LogP contribution in [-0.4, -0.2) is 57.3 Å². The van der Waals surface area contributed by atoms with Crippen molar-refractivity contribution >= 4 is 21.2 Å². The van der Waals surface area contributed by atoms with Gasteiger partial charge in [-0.05, 0) is 29.8 Å². The second kappa shape index (κ2) is 8.85. The molecule has 0 aromatic heterocycles. The molecular formula is C19H22FN3O5S. The first kappa shape index (κ1) is 21.2. The molecular weight excluding hydrogens is 401 g/mol. The Balaban J connectivity index is 1.93. The van der Waals surface area contributed by atoms with E-state index in [1.807, 2.05) is 0 Å². The molecule has 0 aliphatic carbocycles. The van der Waals surface area contributed by atoms with Gasteiger partial charge >= 0.3 is 5.69 Å². The van der Waals surface area contributed by atoms with Crippen LogP contribution in [0.2, 0.25) is 0 Å². The molecule has 156 valence electrons. The Bertz CT molecular complexity index is 993. The van der Waals surface area contributed by atoms with E-state index in [0.29, 0.717) is 26.3 Å². The molecule has 1 aliphatic rings. The van der Waals surface area contributed by atoms with Gasteiger partial charge < -0.3 is 10.1 Å². The Morgan fingerprint density at radius 2 is 1.93 bits per heavy atom. The summed E-state index contributed by atoms with van der Waals surface area (Å²) in [4.78, 5) is 12.6. The highest BCUT2D eigenvalue weighted by atomic mass is 32.2. The lowest BCUT2D eigenvalue weighted by atomic mass is 10.0. The number of hydrogen-bond acceptors (Lipinski definition) is 7. The number of anilines is 1. The minimum absolute atomic E-state index is 0.104. The van der Waals surface area contributed by atoms with Crippen molar-refractivity contribution in [2.45, 2.75) is 10.9 Å². The van der Waals surface area contributed by atoms with Crippen molar-refractivity contribution in [2.75, 3.05) is 44.4 Å². The van der Waals surface area contributed by atoms with Gasteiger partial charge in [0.25, 0.3) is 0 Å². The number of para-hydroxylation sites is 1. The lowest BCUT2D eigenvalue weighted by molar-refractivity contribution is -0.386. The minimum Gasteiger partial charge on any atom is -0.379 e. The number of halogens is 1. The van der Waals surface area contributed by atoms with Gasteiger partial charge in [-0.15, -0.1) is 0 Å². The minimum atomic E-state index is -3.78. The van der Waals surface area contributed by atoms with Crippen molar-refractivity contribution in [3.63, 3.8) is 0 Å². The molecule has 29 heavy (non-hydrogen) atoms. The average Bonchev–Trinajstić information content (AvgIpc) is 2.68. The summed E-state index contributed by atoms with van der Waals surface area (Å²) in [5, 5.41) is 14.6. The number of morpholine rings is 1. The first-order chi connectivity index (χ1) is 13.8. The third kappa shape index (κ3) is 5.08. The molecule has 1 aliphatic heterocycles. The van der Waals surface area contributed by atoms with Crippen molar-refractivity contribution < 1.29 is 22.5 Å². The molecule has 2 aromatic rings. The predicted octanol–water partition coefficient (Wildman–Crippen LogP) is 2.62. The first-order valence-electron chi connectivity index (χ1n) is 9.06. The lowest BCUT2D eigenvalue weighted by Gasteiger charge is -2.35. The number of nitrogens with one attached hydrogen (secondary N) is 1. The van der Waals surface area contributed by atoms with Crippen LogP contribution in [-0.2, 0) is 14.6 Å². The van der Waals surface area contributed by atoms with Gasteiger partial charge in [-0.1, -0.05) is 18.2 Å². The quantitative estimate of drug-likeness (QED) is 0.539. The van der Waals surface area contributed by atoms with Crippen LogP contribution in [0, 0.1) is 15.9 Å². The van der Waals surface area contributed by atoms with E-state index in [9.17, 15) is 22.9 Å². The van der Waals surface area contributed by atoms with Crippen LogP contribution in [0.5, 0.6) is 0 Å². The van der Waals surface area contributed by atoms with Gasteiger partial charge in [0.15, 0.2) is 9.84 Å². The molecule has 0 radical (unpaired) electrons. The maximum Gasteiger partial charge on any atom is 0.310 e. The lowest BCUT2D eigenvalue weighted by Crippen LogP contribution is -2.41. The maximum absolute atomic E-state index is 13.8. The van der Waals surface area contributed by atoms with Crippen LogP contribution in [0.25, 0.3) is 0 Å². The van der Waals surface area contributed by atoms with Gasteiger partial charge in [0.05, 0.1) is 24.2 Å². The van der Waals surface area contributed by atoms with E-state index >= 15 is 0 Å². The van der Waals surface area contributed by atoms with Crippen LogP contribution in [0.4, 0.5) is 15.8 Å². The van der Waals surface area contributed by atoms with E-state index in [-0.39, 0.29) is 29.0 Å². The van der Waals surface area contributed by atoms with Crippen LogP contribution < -0.4 is 5.32 Å². The Kier molecular flexibility index (Phi) is 6.46. The van der Waals surface area contributed by atoms with Crippen molar-refractivity contribution in [3.8, 4) is 0 Å². The molecule has 8 nitrogen and oxygen atoms in total. The molecule has 1 atom stereocenters. The second-order valence-corrected chi connectivity index (χ2v) is 8.77. The maximum atomic E-state index is 13.8. The second-order valence-electron chi connectivity index (χ2n) is 6.78. The van der Waals surface area contributed by atoms with E-state index in [4.69, 9.17) is 4.74 Å². The van der Waals surface area contributed by atoms with Gasteiger partial charge in [-0.25, -0.2) is 12.8 Å². The molecule has 2 aromatic carbocycles. The van der Waals surface area contributed by atoms with E-state index in [2.05, 4.69) is 10.2 Å². The Labute approximate surface area is 168 Å². The average molecular weight is 423 g/mol. The highest BCUT2D eigenvalue weighted by Crippen LogP contribution is 2.33. The Morgan fingerprint density at radius 1 is 1.24 bits per heavy atom. The highest BCUT2D eigenvalue weighted by molar-refractivity contribution is 7.90. The summed E-state index contributed by atoms with van der Waals surface area (Å²) in [6.07, 6.45) is 0.933. The number of rotatable bonds is 7. The fourth-order valence-corrected chi connectivity index (χ4v) is 4.28. The third-order valence-corrected chi connectivity index (χ3v) is 5.92. The Hall–Kier alpha value is -2.56. The third-order valence-electron chi connectivity index (χ3n) is 4.79. The topological polar surface area (TPSA) is 102 Å². The molecule has 1 heterocycles. The van der Waals surface area contributed by atoms with Gasteiger partial charge in [0, 0.05) is 25.9 Å². The number of benzene rings is 2. The largest absolute Gasteiger partial charge is 0.379 e. The standard InChI is InChI=1S/C19H22FN3O5S/c1-29(26,27)18-7-3-6-16(19(18)23(24)25)21-13-17(22-8-10-28-11-9-22)14-4-2-5-15(20)12-14/h2-7,12,17,21H,8-11,13H2,1H3. The number of nitrogens with zero attached hydrogens (tertiary/aromatic N) is 2. The van der Waals surface area contributed by atoms with Crippen molar-refractivity contribution in [3.05, 3.63) is 64.0 Å². The van der Waals surface area contributed by atoms with E-state index in [1.165, 1.54) is 30.3 Å². The number of nitro benzene ring substituents is 1. The molecule has 3 rings (SSSR count). The normalized spacial score (nSPS) is 16.3. The van der Waals surface area contributed by atoms with Crippen LogP contribution in [0.15, 0.2) is 47.4 Å². The molecule has 0 spiro atoms. The molecule has 1 unspecified atom stereocenters. The summed E-state index contributed by atoms with van der Waals surface area (Å²) in [5.41, 5.74) is 0.337. The summed E-state index contributed by atoms with van der Waals surface area (Å²) in [5.74, 6) is -0.370. The molecule has 0 saturated carbocycles. The molecule has 1 saturated heterocycles. The van der Waals surface area contributed by atoms with Crippen molar-refractivity contribution in [2.24, 2.45) is 0 Å². The molecule has 1 fully saturated rings. The summed E-state index contributed by atoms with van der Waals surface area (Å²) in [6.45, 7) is 2.57. The Morgan fingerprint density at radius 3 is 2.55 bits per heavy atom. The number of nitro groups is 1. The SMILES string of the molecule is CS(=O)(=O)c1cccc(NCC(c2cccc(F)c2)N2CCOCC2)c1[N+](=O)[O-]. The van der Waals surface area contributed by atoms with Crippen LogP contribution in [0.3, 0.4) is 0 Å². The van der Waals surface area contributed by atoms with Crippen LogP contribution in [0.1, 0.15) is 11.6 Å². The molecule has 1 N–H and O–H groups in total. The number of hydrogen-bond donors (Lipinski definition) is 1. The van der Waals surface area contributed by atoms with Crippen molar-refractivity contribution in [1.82, 2.24) is 4.90 Å². The van der Waals surface area contributed by atoms with E-state index < -0.39 is 20.4 Å². The van der Waals surface area contributed by atoms with Crippen molar-refractivity contribution in [1.29, 1.82) is 0 Å². The van der Waals surface area contributed by atoms with Gasteiger partial charge in [-0.2, -0.15) is 0 Å². The number of sulfone groups is 1.